The van der Waals surface area contributed by atoms with E-state index in [1.54, 1.807) is 0 Å². The standard InChI is InChI=1S/C11H20N6/c1-12-9-3-2-6-16(7-9)8-11-13-14-15-17(11)10-4-5-10/h9-10,12H,2-8H2,1H3. The zero-order valence-electron chi connectivity index (χ0n) is 10.3. The third-order valence-corrected chi connectivity index (χ3v) is 3.73. The molecular formula is C11H20N6. The van der Waals surface area contributed by atoms with Crippen molar-refractivity contribution in [2.24, 2.45) is 0 Å². The highest BCUT2D eigenvalue weighted by molar-refractivity contribution is 4.91. The van der Waals surface area contributed by atoms with Gasteiger partial charge in [0.1, 0.15) is 0 Å². The third kappa shape index (κ3) is 2.47. The van der Waals surface area contributed by atoms with Crippen LogP contribution in [0.5, 0.6) is 0 Å². The fourth-order valence-electron chi connectivity index (χ4n) is 2.55. The van der Waals surface area contributed by atoms with Crippen LogP contribution in [-0.2, 0) is 6.54 Å². The van der Waals surface area contributed by atoms with E-state index < -0.39 is 0 Å². The summed E-state index contributed by atoms with van der Waals surface area (Å²) in [6, 6.07) is 1.19. The number of tetrazole rings is 1. The molecule has 1 saturated carbocycles. The summed E-state index contributed by atoms with van der Waals surface area (Å²) in [5, 5.41) is 15.4. The molecule has 17 heavy (non-hydrogen) atoms. The maximum absolute atomic E-state index is 4.16. The average molecular weight is 236 g/mol. The number of rotatable bonds is 4. The molecule has 1 aliphatic heterocycles. The summed E-state index contributed by atoms with van der Waals surface area (Å²) < 4.78 is 2.02. The summed E-state index contributed by atoms with van der Waals surface area (Å²) in [7, 11) is 2.04. The van der Waals surface area contributed by atoms with Crippen LogP contribution in [0.2, 0.25) is 0 Å². The lowest BCUT2D eigenvalue weighted by Crippen LogP contribution is -2.44. The maximum atomic E-state index is 4.16. The lowest BCUT2D eigenvalue weighted by atomic mass is 10.1. The average Bonchev–Trinajstić information content (AvgIpc) is 3.11. The largest absolute Gasteiger partial charge is 0.316 e. The van der Waals surface area contributed by atoms with E-state index in [4.69, 9.17) is 0 Å². The van der Waals surface area contributed by atoms with E-state index in [9.17, 15) is 0 Å². The summed E-state index contributed by atoms with van der Waals surface area (Å²) in [6.07, 6.45) is 5.01. The van der Waals surface area contributed by atoms with Crippen molar-refractivity contribution in [3.05, 3.63) is 5.82 Å². The van der Waals surface area contributed by atoms with E-state index in [0.717, 1.165) is 25.5 Å². The van der Waals surface area contributed by atoms with E-state index >= 15 is 0 Å². The number of nitrogens with one attached hydrogen (secondary N) is 1. The van der Waals surface area contributed by atoms with Crippen molar-refractivity contribution in [1.29, 1.82) is 0 Å². The second-order valence-electron chi connectivity index (χ2n) is 5.13. The number of likely N-dealkylation sites (tertiary alicyclic amines) is 1. The fourth-order valence-corrected chi connectivity index (χ4v) is 2.55. The number of aromatic nitrogens is 4. The van der Waals surface area contributed by atoms with Crippen LogP contribution in [0.1, 0.15) is 37.5 Å². The lowest BCUT2D eigenvalue weighted by molar-refractivity contribution is 0.181. The van der Waals surface area contributed by atoms with Crippen LogP contribution in [0.15, 0.2) is 0 Å². The summed E-state index contributed by atoms with van der Waals surface area (Å²) in [5.41, 5.74) is 0. The van der Waals surface area contributed by atoms with Crippen LogP contribution in [0, 0.1) is 0 Å². The van der Waals surface area contributed by atoms with Gasteiger partial charge in [-0.15, -0.1) is 5.10 Å². The Bertz CT molecular complexity index is 372. The zero-order valence-corrected chi connectivity index (χ0v) is 10.3. The highest BCUT2D eigenvalue weighted by Gasteiger charge is 2.29. The molecule has 6 heteroatoms. The Kier molecular flexibility index (Phi) is 3.07. The molecule has 6 nitrogen and oxygen atoms in total. The topological polar surface area (TPSA) is 58.9 Å². The SMILES string of the molecule is CNC1CCCN(Cc2nnnn2C2CC2)C1. The molecule has 2 heterocycles. The number of hydrogen-bond acceptors (Lipinski definition) is 5. The van der Waals surface area contributed by atoms with Crippen molar-refractivity contribution in [3.8, 4) is 0 Å². The van der Waals surface area contributed by atoms with Gasteiger partial charge in [-0.3, -0.25) is 4.90 Å². The van der Waals surface area contributed by atoms with Crippen molar-refractivity contribution in [2.75, 3.05) is 20.1 Å². The molecule has 1 aromatic rings. The van der Waals surface area contributed by atoms with Crippen molar-refractivity contribution in [1.82, 2.24) is 30.4 Å². The second-order valence-corrected chi connectivity index (χ2v) is 5.13. The van der Waals surface area contributed by atoms with E-state index in [0.29, 0.717) is 12.1 Å². The zero-order chi connectivity index (χ0) is 11.7. The predicted octanol–water partition coefficient (Wildman–Crippen LogP) is 0.192. The Morgan fingerprint density at radius 1 is 1.35 bits per heavy atom. The molecular weight excluding hydrogens is 216 g/mol. The normalized spacial score (nSPS) is 26.3. The molecule has 0 radical (unpaired) electrons. The minimum Gasteiger partial charge on any atom is -0.316 e. The van der Waals surface area contributed by atoms with Gasteiger partial charge in [0.05, 0.1) is 12.6 Å². The summed E-state index contributed by atoms with van der Waals surface area (Å²) in [5.74, 6) is 1.03. The van der Waals surface area contributed by atoms with Crippen LogP contribution in [0.4, 0.5) is 0 Å². The number of hydrogen-bond donors (Lipinski definition) is 1. The monoisotopic (exact) mass is 236 g/mol. The minimum atomic E-state index is 0.574. The van der Waals surface area contributed by atoms with Crippen LogP contribution >= 0.6 is 0 Å². The Morgan fingerprint density at radius 3 is 3.00 bits per heavy atom. The quantitative estimate of drug-likeness (QED) is 0.809. The summed E-state index contributed by atoms with van der Waals surface area (Å²) >= 11 is 0. The van der Waals surface area contributed by atoms with E-state index in [1.165, 1.54) is 25.7 Å². The number of likely N-dealkylation sites (N-methyl/N-ethyl adjacent to an activating group) is 1. The van der Waals surface area contributed by atoms with Crippen LogP contribution in [-0.4, -0.2) is 51.3 Å². The van der Waals surface area contributed by atoms with Gasteiger partial charge in [-0.1, -0.05) is 0 Å². The van der Waals surface area contributed by atoms with Crippen molar-refractivity contribution < 1.29 is 0 Å². The Hall–Kier alpha value is -1.01. The fraction of sp³-hybridized carbons (Fsp3) is 0.909. The molecule has 1 N–H and O–H groups in total. The van der Waals surface area contributed by atoms with Gasteiger partial charge < -0.3 is 5.32 Å². The van der Waals surface area contributed by atoms with E-state index in [2.05, 4.69) is 25.7 Å². The third-order valence-electron chi connectivity index (χ3n) is 3.73. The van der Waals surface area contributed by atoms with Crippen molar-refractivity contribution >= 4 is 0 Å². The summed E-state index contributed by atoms with van der Waals surface area (Å²) in [6.45, 7) is 3.16. The number of piperidine rings is 1. The number of nitrogens with zero attached hydrogens (tertiary/aromatic N) is 5. The highest BCUT2D eigenvalue weighted by Crippen LogP contribution is 2.34. The molecule has 3 rings (SSSR count). The first kappa shape index (κ1) is 11.1. The summed E-state index contributed by atoms with van der Waals surface area (Å²) in [4.78, 5) is 2.45. The highest BCUT2D eigenvalue weighted by atomic mass is 15.6. The molecule has 94 valence electrons. The lowest BCUT2D eigenvalue weighted by Gasteiger charge is -2.31. The molecule has 0 spiro atoms. The van der Waals surface area contributed by atoms with Crippen LogP contribution in [0.3, 0.4) is 0 Å². The first-order valence-electron chi connectivity index (χ1n) is 6.53. The first-order chi connectivity index (χ1) is 8.36. The van der Waals surface area contributed by atoms with E-state index in [1.807, 2.05) is 11.7 Å². The molecule has 2 aliphatic rings. The van der Waals surface area contributed by atoms with Crippen molar-refractivity contribution in [2.45, 2.75) is 44.3 Å². The van der Waals surface area contributed by atoms with Gasteiger partial charge in [-0.05, 0) is 49.7 Å². The Balaban J connectivity index is 1.63. The molecule has 0 bridgehead atoms. The van der Waals surface area contributed by atoms with Gasteiger partial charge in [0.2, 0.25) is 0 Å². The molecule has 1 unspecified atom stereocenters. The van der Waals surface area contributed by atoms with Crippen LogP contribution < -0.4 is 5.32 Å². The molecule has 2 fully saturated rings. The maximum Gasteiger partial charge on any atom is 0.165 e. The van der Waals surface area contributed by atoms with Gasteiger partial charge >= 0.3 is 0 Å². The molecule has 1 saturated heterocycles. The minimum absolute atomic E-state index is 0.574. The molecule has 1 aliphatic carbocycles. The van der Waals surface area contributed by atoms with Crippen molar-refractivity contribution in [3.63, 3.8) is 0 Å². The predicted molar refractivity (Wildman–Crippen MR) is 63.4 cm³/mol. The Morgan fingerprint density at radius 2 is 2.24 bits per heavy atom. The van der Waals surface area contributed by atoms with Gasteiger partial charge in [-0.2, -0.15) is 0 Å². The van der Waals surface area contributed by atoms with Gasteiger partial charge in [-0.25, -0.2) is 4.68 Å². The van der Waals surface area contributed by atoms with Gasteiger partial charge in [0.25, 0.3) is 0 Å². The van der Waals surface area contributed by atoms with E-state index in [-0.39, 0.29) is 0 Å². The smallest absolute Gasteiger partial charge is 0.165 e. The van der Waals surface area contributed by atoms with Crippen LogP contribution in [0.25, 0.3) is 0 Å². The molecule has 1 atom stereocenters. The second kappa shape index (κ2) is 4.70. The van der Waals surface area contributed by atoms with Gasteiger partial charge in [0, 0.05) is 12.6 Å². The van der Waals surface area contributed by atoms with Gasteiger partial charge in [0.15, 0.2) is 5.82 Å². The Labute approximate surface area is 101 Å². The molecule has 1 aromatic heterocycles. The molecule has 0 aromatic carbocycles. The first-order valence-corrected chi connectivity index (χ1v) is 6.53. The molecule has 0 amide bonds.